The second-order valence-corrected chi connectivity index (χ2v) is 7.65. The van der Waals surface area contributed by atoms with Gasteiger partial charge in [0.25, 0.3) is 5.56 Å². The SMILES string of the molecule is CCOC(=O)c1cc(C2CC2)c2c(C)c(-c3cccc(/C(C)=N/O)c3)ccn2c1=O. The number of rotatable bonds is 5. The highest BCUT2D eigenvalue weighted by Gasteiger charge is 2.29. The van der Waals surface area contributed by atoms with Crippen molar-refractivity contribution in [1.82, 2.24) is 4.40 Å². The third-order valence-corrected chi connectivity index (χ3v) is 5.67. The maximum absolute atomic E-state index is 13.0. The van der Waals surface area contributed by atoms with E-state index in [2.05, 4.69) is 5.16 Å². The van der Waals surface area contributed by atoms with E-state index in [1.54, 1.807) is 30.5 Å². The third-order valence-electron chi connectivity index (χ3n) is 5.67. The Kier molecular flexibility index (Phi) is 5.16. The van der Waals surface area contributed by atoms with Gasteiger partial charge in [-0.1, -0.05) is 23.4 Å². The van der Waals surface area contributed by atoms with E-state index >= 15 is 0 Å². The number of aryl methyl sites for hydroxylation is 1. The molecular formula is C24H24N2O4. The van der Waals surface area contributed by atoms with Crippen LogP contribution in [0.15, 0.2) is 52.5 Å². The minimum absolute atomic E-state index is 0.0835. The molecule has 1 saturated carbocycles. The van der Waals surface area contributed by atoms with E-state index in [1.807, 2.05) is 37.3 Å². The Bertz CT molecular complexity index is 1240. The van der Waals surface area contributed by atoms with Crippen LogP contribution in [0.4, 0.5) is 0 Å². The van der Waals surface area contributed by atoms with Crippen molar-refractivity contribution in [3.63, 3.8) is 0 Å². The molecule has 1 aromatic carbocycles. The Morgan fingerprint density at radius 3 is 2.70 bits per heavy atom. The molecule has 2 aromatic heterocycles. The van der Waals surface area contributed by atoms with Gasteiger partial charge >= 0.3 is 5.97 Å². The summed E-state index contributed by atoms with van der Waals surface area (Å²) in [5.74, 6) is -0.232. The van der Waals surface area contributed by atoms with Crippen LogP contribution < -0.4 is 5.56 Å². The van der Waals surface area contributed by atoms with Gasteiger partial charge in [-0.15, -0.1) is 0 Å². The first-order valence-electron chi connectivity index (χ1n) is 10.1. The summed E-state index contributed by atoms with van der Waals surface area (Å²) in [6, 6.07) is 11.4. The molecule has 1 fully saturated rings. The first-order chi connectivity index (χ1) is 14.5. The maximum atomic E-state index is 13.0. The van der Waals surface area contributed by atoms with Crippen LogP contribution in [-0.4, -0.2) is 27.9 Å². The number of carbonyl (C=O) groups is 1. The first-order valence-corrected chi connectivity index (χ1v) is 10.1. The lowest BCUT2D eigenvalue weighted by Crippen LogP contribution is -2.25. The Morgan fingerprint density at radius 1 is 1.27 bits per heavy atom. The average molecular weight is 404 g/mol. The molecule has 6 nitrogen and oxygen atoms in total. The zero-order chi connectivity index (χ0) is 21.4. The molecule has 1 N–H and O–H groups in total. The first kappa shape index (κ1) is 19.9. The summed E-state index contributed by atoms with van der Waals surface area (Å²) < 4.78 is 6.67. The lowest BCUT2D eigenvalue weighted by Gasteiger charge is -2.16. The molecular weight excluding hydrogens is 380 g/mol. The molecule has 0 bridgehead atoms. The van der Waals surface area contributed by atoms with Crippen molar-refractivity contribution in [3.8, 4) is 11.1 Å². The van der Waals surface area contributed by atoms with Crippen molar-refractivity contribution in [1.29, 1.82) is 0 Å². The molecule has 0 amide bonds. The van der Waals surface area contributed by atoms with Crippen molar-refractivity contribution in [2.24, 2.45) is 5.16 Å². The number of carbonyl (C=O) groups excluding carboxylic acids is 1. The second-order valence-electron chi connectivity index (χ2n) is 7.65. The van der Waals surface area contributed by atoms with E-state index in [1.165, 1.54) is 0 Å². The van der Waals surface area contributed by atoms with Crippen molar-refractivity contribution >= 4 is 17.2 Å². The minimum Gasteiger partial charge on any atom is -0.462 e. The van der Waals surface area contributed by atoms with E-state index in [0.29, 0.717) is 11.6 Å². The number of aromatic nitrogens is 1. The molecule has 2 heterocycles. The summed E-state index contributed by atoms with van der Waals surface area (Å²) in [5.41, 5.74) is 5.89. The Hall–Kier alpha value is -3.41. The molecule has 30 heavy (non-hydrogen) atoms. The van der Waals surface area contributed by atoms with Crippen LogP contribution in [0.3, 0.4) is 0 Å². The molecule has 0 unspecified atom stereocenters. The minimum atomic E-state index is -0.577. The third kappa shape index (κ3) is 3.38. The van der Waals surface area contributed by atoms with Gasteiger partial charge in [0.2, 0.25) is 0 Å². The Morgan fingerprint density at radius 2 is 2.03 bits per heavy atom. The number of oxime groups is 1. The lowest BCUT2D eigenvalue weighted by atomic mass is 9.95. The predicted molar refractivity (Wildman–Crippen MR) is 116 cm³/mol. The number of ether oxygens (including phenoxy) is 1. The average Bonchev–Trinajstić information content (AvgIpc) is 3.59. The van der Waals surface area contributed by atoms with Crippen LogP contribution in [0.25, 0.3) is 16.6 Å². The molecule has 154 valence electrons. The van der Waals surface area contributed by atoms with Crippen LogP contribution >= 0.6 is 0 Å². The summed E-state index contributed by atoms with van der Waals surface area (Å²) in [7, 11) is 0. The van der Waals surface area contributed by atoms with Crippen LogP contribution in [0.2, 0.25) is 0 Å². The van der Waals surface area contributed by atoms with Crippen LogP contribution in [0, 0.1) is 6.92 Å². The van der Waals surface area contributed by atoms with E-state index in [0.717, 1.165) is 46.2 Å². The van der Waals surface area contributed by atoms with Crippen molar-refractivity contribution < 1.29 is 14.7 Å². The van der Waals surface area contributed by atoms with Crippen LogP contribution in [0.1, 0.15) is 59.7 Å². The van der Waals surface area contributed by atoms with E-state index in [9.17, 15) is 9.59 Å². The monoisotopic (exact) mass is 404 g/mol. The maximum Gasteiger partial charge on any atom is 0.343 e. The molecule has 3 aromatic rings. The second kappa shape index (κ2) is 7.78. The molecule has 4 rings (SSSR count). The molecule has 0 aliphatic heterocycles. The largest absolute Gasteiger partial charge is 0.462 e. The van der Waals surface area contributed by atoms with Gasteiger partial charge in [0.15, 0.2) is 0 Å². The number of pyridine rings is 2. The van der Waals surface area contributed by atoms with Gasteiger partial charge in [0.05, 0.1) is 17.8 Å². The van der Waals surface area contributed by atoms with Crippen LogP contribution in [-0.2, 0) is 4.74 Å². The number of hydrogen-bond acceptors (Lipinski definition) is 5. The van der Waals surface area contributed by atoms with Gasteiger partial charge in [-0.05, 0) is 85.5 Å². The van der Waals surface area contributed by atoms with Crippen molar-refractivity contribution in [2.75, 3.05) is 6.61 Å². The summed E-state index contributed by atoms with van der Waals surface area (Å²) in [5, 5.41) is 12.4. The number of nitrogens with zero attached hydrogens (tertiary/aromatic N) is 2. The lowest BCUT2D eigenvalue weighted by molar-refractivity contribution is 0.0524. The molecule has 0 radical (unpaired) electrons. The van der Waals surface area contributed by atoms with Gasteiger partial charge in [0, 0.05) is 6.20 Å². The van der Waals surface area contributed by atoms with E-state index in [4.69, 9.17) is 9.94 Å². The number of fused-ring (bicyclic) bond motifs is 1. The predicted octanol–water partition coefficient (Wildman–Crippen LogP) is 4.53. The molecule has 0 atom stereocenters. The normalized spacial score (nSPS) is 14.2. The van der Waals surface area contributed by atoms with E-state index in [-0.39, 0.29) is 17.7 Å². The summed E-state index contributed by atoms with van der Waals surface area (Å²) in [6.45, 7) is 5.70. The smallest absolute Gasteiger partial charge is 0.343 e. The van der Waals surface area contributed by atoms with Crippen LogP contribution in [0.5, 0.6) is 0 Å². The number of benzene rings is 1. The molecule has 1 aliphatic carbocycles. The summed E-state index contributed by atoms with van der Waals surface area (Å²) in [6.07, 6.45) is 3.82. The van der Waals surface area contributed by atoms with Gasteiger partial charge in [-0.3, -0.25) is 9.20 Å². The Balaban J connectivity index is 1.95. The number of hydrogen-bond donors (Lipinski definition) is 1. The fourth-order valence-corrected chi connectivity index (χ4v) is 3.94. The topological polar surface area (TPSA) is 80.4 Å². The van der Waals surface area contributed by atoms with E-state index < -0.39 is 5.97 Å². The summed E-state index contributed by atoms with van der Waals surface area (Å²) in [4.78, 5) is 25.4. The Labute approximate surface area is 174 Å². The number of esters is 1. The molecule has 0 spiro atoms. The zero-order valence-electron chi connectivity index (χ0n) is 17.3. The van der Waals surface area contributed by atoms with Crippen molar-refractivity contribution in [2.45, 2.75) is 39.5 Å². The summed E-state index contributed by atoms with van der Waals surface area (Å²) >= 11 is 0. The highest BCUT2D eigenvalue weighted by atomic mass is 16.5. The molecule has 0 saturated heterocycles. The fourth-order valence-electron chi connectivity index (χ4n) is 3.94. The molecule has 6 heteroatoms. The quantitative estimate of drug-likeness (QED) is 0.293. The van der Waals surface area contributed by atoms with Gasteiger partial charge in [0.1, 0.15) is 5.56 Å². The standard InChI is InChI=1S/C24H24N2O4/c1-4-30-24(28)21-13-20(16-8-9-16)22-14(2)19(10-11-26(22)23(21)27)18-7-5-6-17(12-18)15(3)25-29/h5-7,10-13,16,29H,4,8-9H2,1-3H3/b25-15+. The molecule has 1 aliphatic rings. The van der Waals surface area contributed by atoms with Gasteiger partial charge in [-0.2, -0.15) is 0 Å². The van der Waals surface area contributed by atoms with Gasteiger partial charge in [-0.25, -0.2) is 4.79 Å². The fraction of sp³-hybridized carbons (Fsp3) is 0.292. The van der Waals surface area contributed by atoms with Gasteiger partial charge < -0.3 is 9.94 Å². The highest BCUT2D eigenvalue weighted by Crippen LogP contribution is 2.43. The highest BCUT2D eigenvalue weighted by molar-refractivity contribution is 5.99. The zero-order valence-corrected chi connectivity index (χ0v) is 17.3. The van der Waals surface area contributed by atoms with Crippen molar-refractivity contribution in [3.05, 3.63) is 75.2 Å².